The van der Waals surface area contributed by atoms with Crippen LogP contribution in [0.25, 0.3) is 0 Å². The number of anilines is 1. The van der Waals surface area contributed by atoms with Crippen molar-refractivity contribution < 1.29 is 19.8 Å². The van der Waals surface area contributed by atoms with Gasteiger partial charge in [0.15, 0.2) is 0 Å². The number of aromatic hydroxyl groups is 1. The summed E-state index contributed by atoms with van der Waals surface area (Å²) in [6.45, 7) is 1.74. The van der Waals surface area contributed by atoms with Crippen LogP contribution in [0.4, 0.5) is 5.69 Å². The Morgan fingerprint density at radius 2 is 1.76 bits per heavy atom. The SMILES string of the molecule is Cc1cc(O)ccc1C(=O)Nc1ccc(CC(=O)O)cc1. The fourth-order valence-corrected chi connectivity index (χ4v) is 1.98. The van der Waals surface area contributed by atoms with E-state index in [1.807, 2.05) is 0 Å². The van der Waals surface area contributed by atoms with Gasteiger partial charge >= 0.3 is 5.97 Å². The minimum atomic E-state index is -0.897. The van der Waals surface area contributed by atoms with E-state index in [0.29, 0.717) is 22.4 Å². The predicted octanol–water partition coefficient (Wildman–Crippen LogP) is 2.58. The van der Waals surface area contributed by atoms with Gasteiger partial charge in [0.2, 0.25) is 0 Å². The first-order valence-electron chi connectivity index (χ1n) is 6.37. The van der Waals surface area contributed by atoms with Crippen molar-refractivity contribution in [1.29, 1.82) is 0 Å². The Hall–Kier alpha value is -2.82. The number of aliphatic carboxylic acids is 1. The highest BCUT2D eigenvalue weighted by molar-refractivity contribution is 6.05. The maximum Gasteiger partial charge on any atom is 0.307 e. The monoisotopic (exact) mass is 285 g/mol. The number of benzene rings is 2. The van der Waals surface area contributed by atoms with E-state index in [-0.39, 0.29) is 18.1 Å². The molecular weight excluding hydrogens is 270 g/mol. The zero-order valence-electron chi connectivity index (χ0n) is 11.5. The second-order valence-electron chi connectivity index (χ2n) is 4.72. The van der Waals surface area contributed by atoms with Crippen molar-refractivity contribution in [3.63, 3.8) is 0 Å². The molecule has 2 rings (SSSR count). The molecule has 108 valence electrons. The lowest BCUT2D eigenvalue weighted by Crippen LogP contribution is -2.13. The van der Waals surface area contributed by atoms with E-state index in [1.54, 1.807) is 37.3 Å². The molecule has 0 fully saturated rings. The van der Waals surface area contributed by atoms with Crippen molar-refractivity contribution in [2.75, 3.05) is 5.32 Å². The molecule has 0 unspecified atom stereocenters. The van der Waals surface area contributed by atoms with Crippen LogP contribution in [0.15, 0.2) is 42.5 Å². The number of carboxylic acid groups (broad SMARTS) is 1. The molecule has 1 amide bonds. The average Bonchev–Trinajstić information content (AvgIpc) is 2.40. The molecule has 0 aliphatic heterocycles. The summed E-state index contributed by atoms with van der Waals surface area (Å²) in [4.78, 5) is 22.7. The van der Waals surface area contributed by atoms with Crippen LogP contribution in [0.2, 0.25) is 0 Å². The van der Waals surface area contributed by atoms with Crippen molar-refractivity contribution in [2.45, 2.75) is 13.3 Å². The minimum absolute atomic E-state index is 0.0503. The van der Waals surface area contributed by atoms with Gasteiger partial charge in [-0.1, -0.05) is 12.1 Å². The highest BCUT2D eigenvalue weighted by Crippen LogP contribution is 2.18. The number of carboxylic acids is 1. The molecule has 0 heterocycles. The summed E-state index contributed by atoms with van der Waals surface area (Å²) in [6, 6.07) is 11.2. The molecule has 0 spiro atoms. The number of phenolic OH excluding ortho intramolecular Hbond substituents is 1. The summed E-state index contributed by atoms with van der Waals surface area (Å²) < 4.78 is 0. The second-order valence-corrected chi connectivity index (χ2v) is 4.72. The number of aryl methyl sites for hydroxylation is 1. The molecule has 21 heavy (non-hydrogen) atoms. The normalized spacial score (nSPS) is 10.1. The Bertz CT molecular complexity index is 677. The maximum atomic E-state index is 12.1. The van der Waals surface area contributed by atoms with E-state index in [2.05, 4.69) is 5.32 Å². The molecule has 0 saturated carbocycles. The Labute approximate surface area is 121 Å². The molecule has 0 aromatic heterocycles. The highest BCUT2D eigenvalue weighted by Gasteiger charge is 2.10. The van der Waals surface area contributed by atoms with Gasteiger partial charge in [0.1, 0.15) is 5.75 Å². The molecule has 0 aliphatic carbocycles. The van der Waals surface area contributed by atoms with Crippen molar-refractivity contribution in [2.24, 2.45) is 0 Å². The van der Waals surface area contributed by atoms with Crippen molar-refractivity contribution in [3.05, 3.63) is 59.2 Å². The topological polar surface area (TPSA) is 86.6 Å². The van der Waals surface area contributed by atoms with Gasteiger partial charge in [0.25, 0.3) is 5.91 Å². The second kappa shape index (κ2) is 6.09. The number of carbonyl (C=O) groups is 2. The fourth-order valence-electron chi connectivity index (χ4n) is 1.98. The summed E-state index contributed by atoms with van der Waals surface area (Å²) >= 11 is 0. The lowest BCUT2D eigenvalue weighted by Gasteiger charge is -2.08. The third-order valence-corrected chi connectivity index (χ3v) is 3.02. The number of hydrogen-bond donors (Lipinski definition) is 3. The first kappa shape index (κ1) is 14.6. The average molecular weight is 285 g/mol. The molecule has 0 radical (unpaired) electrons. The smallest absolute Gasteiger partial charge is 0.307 e. The van der Waals surface area contributed by atoms with Crippen LogP contribution >= 0.6 is 0 Å². The molecule has 5 heteroatoms. The van der Waals surface area contributed by atoms with Gasteiger partial charge in [-0.3, -0.25) is 9.59 Å². The molecule has 2 aromatic carbocycles. The van der Waals surface area contributed by atoms with Crippen LogP contribution in [0.5, 0.6) is 5.75 Å². The van der Waals surface area contributed by atoms with Gasteiger partial charge in [0, 0.05) is 11.3 Å². The van der Waals surface area contributed by atoms with E-state index in [4.69, 9.17) is 5.11 Å². The quantitative estimate of drug-likeness (QED) is 0.805. The summed E-state index contributed by atoms with van der Waals surface area (Å²) in [5.41, 5.74) is 2.40. The van der Waals surface area contributed by atoms with E-state index in [0.717, 1.165) is 0 Å². The number of phenols is 1. The highest BCUT2D eigenvalue weighted by atomic mass is 16.4. The molecule has 5 nitrogen and oxygen atoms in total. The Balaban J connectivity index is 2.10. The van der Waals surface area contributed by atoms with Crippen LogP contribution in [0.1, 0.15) is 21.5 Å². The fraction of sp³-hybridized carbons (Fsp3) is 0.125. The molecule has 0 atom stereocenters. The number of nitrogens with one attached hydrogen (secondary N) is 1. The van der Waals surface area contributed by atoms with Gasteiger partial charge in [-0.05, 0) is 48.4 Å². The van der Waals surface area contributed by atoms with E-state index >= 15 is 0 Å². The summed E-state index contributed by atoms with van der Waals surface area (Å²) in [6.07, 6.45) is -0.0503. The summed E-state index contributed by atoms with van der Waals surface area (Å²) in [5.74, 6) is -1.06. The Morgan fingerprint density at radius 3 is 2.33 bits per heavy atom. The molecule has 2 aromatic rings. The van der Waals surface area contributed by atoms with Crippen molar-refractivity contribution >= 4 is 17.6 Å². The number of amides is 1. The van der Waals surface area contributed by atoms with E-state index < -0.39 is 5.97 Å². The van der Waals surface area contributed by atoms with Crippen molar-refractivity contribution in [1.82, 2.24) is 0 Å². The van der Waals surface area contributed by atoms with Crippen molar-refractivity contribution in [3.8, 4) is 5.75 Å². The Kier molecular flexibility index (Phi) is 4.23. The zero-order chi connectivity index (χ0) is 15.4. The largest absolute Gasteiger partial charge is 0.508 e. The molecule has 3 N–H and O–H groups in total. The lowest BCUT2D eigenvalue weighted by molar-refractivity contribution is -0.136. The van der Waals surface area contributed by atoms with Gasteiger partial charge < -0.3 is 15.5 Å². The van der Waals surface area contributed by atoms with Crippen LogP contribution in [0, 0.1) is 6.92 Å². The van der Waals surface area contributed by atoms with Gasteiger partial charge in [0.05, 0.1) is 6.42 Å². The molecule has 0 bridgehead atoms. The molecule has 0 saturated heterocycles. The summed E-state index contributed by atoms with van der Waals surface area (Å²) in [5, 5.41) is 20.8. The lowest BCUT2D eigenvalue weighted by atomic mass is 10.1. The number of hydrogen-bond acceptors (Lipinski definition) is 3. The Morgan fingerprint density at radius 1 is 1.10 bits per heavy atom. The van der Waals surface area contributed by atoms with Gasteiger partial charge in [-0.25, -0.2) is 0 Å². The van der Waals surface area contributed by atoms with Crippen LogP contribution in [0.3, 0.4) is 0 Å². The molecule has 0 aliphatic rings. The first-order chi connectivity index (χ1) is 9.95. The maximum absolute atomic E-state index is 12.1. The molecular formula is C16H15NO4. The van der Waals surface area contributed by atoms with E-state index in [9.17, 15) is 14.7 Å². The van der Waals surface area contributed by atoms with E-state index in [1.165, 1.54) is 12.1 Å². The van der Waals surface area contributed by atoms with Gasteiger partial charge in [-0.2, -0.15) is 0 Å². The first-order valence-corrected chi connectivity index (χ1v) is 6.37. The van der Waals surface area contributed by atoms with Crippen LogP contribution < -0.4 is 5.32 Å². The van der Waals surface area contributed by atoms with Crippen LogP contribution in [-0.4, -0.2) is 22.1 Å². The standard InChI is InChI=1S/C16H15NO4/c1-10-8-13(18)6-7-14(10)16(21)17-12-4-2-11(3-5-12)9-15(19)20/h2-8,18H,9H2,1H3,(H,17,21)(H,19,20). The van der Waals surface area contributed by atoms with Gasteiger partial charge in [-0.15, -0.1) is 0 Å². The zero-order valence-corrected chi connectivity index (χ0v) is 11.5. The predicted molar refractivity (Wildman–Crippen MR) is 78.6 cm³/mol. The number of carbonyl (C=O) groups excluding carboxylic acids is 1. The minimum Gasteiger partial charge on any atom is -0.508 e. The van der Waals surface area contributed by atoms with Crippen LogP contribution in [-0.2, 0) is 11.2 Å². The third kappa shape index (κ3) is 3.82. The summed E-state index contributed by atoms with van der Waals surface area (Å²) in [7, 11) is 0. The number of rotatable bonds is 4. The third-order valence-electron chi connectivity index (χ3n) is 3.02.